The molecule has 0 spiro atoms. The van der Waals surface area contributed by atoms with E-state index >= 15 is 0 Å². The maximum atomic E-state index is 5.90. The molecular formula is C18H19ClO. The Balaban J connectivity index is 1.49. The van der Waals surface area contributed by atoms with Crippen LogP contribution in [-0.2, 0) is 12.8 Å². The molecular weight excluding hydrogens is 268 g/mol. The maximum Gasteiger partial charge on any atom is 0.122 e. The first kappa shape index (κ1) is 13.5. The van der Waals surface area contributed by atoms with Crippen LogP contribution in [0.2, 0.25) is 5.02 Å². The van der Waals surface area contributed by atoms with Gasteiger partial charge in [-0.2, -0.15) is 0 Å². The summed E-state index contributed by atoms with van der Waals surface area (Å²) in [4.78, 5) is 0. The van der Waals surface area contributed by atoms with Gasteiger partial charge in [0, 0.05) is 5.02 Å². The minimum absolute atomic E-state index is 0.650. The highest BCUT2D eigenvalue weighted by Gasteiger charge is 2.18. The van der Waals surface area contributed by atoms with E-state index in [0.717, 1.165) is 30.2 Å². The van der Waals surface area contributed by atoms with Crippen molar-refractivity contribution >= 4 is 11.6 Å². The second kappa shape index (κ2) is 6.32. The van der Waals surface area contributed by atoms with Crippen LogP contribution in [-0.4, -0.2) is 6.61 Å². The third-order valence-electron chi connectivity index (χ3n) is 3.95. The Labute approximate surface area is 125 Å². The van der Waals surface area contributed by atoms with E-state index in [1.807, 2.05) is 18.2 Å². The Hall–Kier alpha value is -1.47. The maximum absolute atomic E-state index is 5.90. The molecule has 1 heterocycles. The van der Waals surface area contributed by atoms with Crippen molar-refractivity contribution in [3.8, 4) is 5.75 Å². The Kier molecular flexibility index (Phi) is 4.27. The summed E-state index contributed by atoms with van der Waals surface area (Å²) in [5, 5.41) is 0.811. The molecule has 0 amide bonds. The fourth-order valence-corrected chi connectivity index (χ4v) is 2.95. The Morgan fingerprint density at radius 1 is 1.05 bits per heavy atom. The number of aryl methyl sites for hydroxylation is 1. The molecule has 0 N–H and O–H groups in total. The normalized spacial score (nSPS) is 17.4. The van der Waals surface area contributed by atoms with Gasteiger partial charge < -0.3 is 4.74 Å². The predicted octanol–water partition coefficient (Wildman–Crippen LogP) is 4.91. The molecule has 1 aliphatic heterocycles. The molecule has 104 valence electrons. The second-order valence-electron chi connectivity index (χ2n) is 5.51. The summed E-state index contributed by atoms with van der Waals surface area (Å²) < 4.78 is 5.84. The van der Waals surface area contributed by atoms with Crippen molar-refractivity contribution in [1.29, 1.82) is 0 Å². The van der Waals surface area contributed by atoms with Crippen molar-refractivity contribution in [2.24, 2.45) is 5.92 Å². The van der Waals surface area contributed by atoms with Crippen LogP contribution in [0.5, 0.6) is 5.75 Å². The topological polar surface area (TPSA) is 9.23 Å². The van der Waals surface area contributed by atoms with Crippen molar-refractivity contribution in [2.75, 3.05) is 6.61 Å². The van der Waals surface area contributed by atoms with Crippen LogP contribution in [0.4, 0.5) is 0 Å². The molecule has 1 nitrogen and oxygen atoms in total. The summed E-state index contributed by atoms with van der Waals surface area (Å²) in [5.74, 6) is 1.72. The molecule has 1 atom stereocenters. The van der Waals surface area contributed by atoms with Crippen LogP contribution in [0, 0.1) is 5.92 Å². The molecule has 3 rings (SSSR count). The van der Waals surface area contributed by atoms with Crippen LogP contribution in [0.15, 0.2) is 48.5 Å². The van der Waals surface area contributed by atoms with Crippen molar-refractivity contribution < 1.29 is 4.74 Å². The number of fused-ring (bicyclic) bond motifs is 1. The van der Waals surface area contributed by atoms with Gasteiger partial charge in [-0.05, 0) is 60.9 Å². The zero-order chi connectivity index (χ0) is 13.8. The van der Waals surface area contributed by atoms with Gasteiger partial charge in [-0.15, -0.1) is 0 Å². The van der Waals surface area contributed by atoms with Crippen LogP contribution < -0.4 is 4.74 Å². The van der Waals surface area contributed by atoms with E-state index in [-0.39, 0.29) is 0 Å². The van der Waals surface area contributed by atoms with Gasteiger partial charge in [-0.1, -0.05) is 41.9 Å². The monoisotopic (exact) mass is 286 g/mol. The number of hydrogen-bond donors (Lipinski definition) is 0. The molecule has 2 aromatic rings. The Morgan fingerprint density at radius 2 is 1.85 bits per heavy atom. The van der Waals surface area contributed by atoms with E-state index in [9.17, 15) is 0 Å². The molecule has 0 saturated heterocycles. The zero-order valence-corrected chi connectivity index (χ0v) is 12.3. The van der Waals surface area contributed by atoms with Crippen LogP contribution in [0.25, 0.3) is 0 Å². The molecule has 0 bridgehead atoms. The minimum Gasteiger partial charge on any atom is -0.493 e. The van der Waals surface area contributed by atoms with Gasteiger partial charge in [-0.3, -0.25) is 0 Å². The molecule has 0 saturated carbocycles. The molecule has 2 heteroatoms. The lowest BCUT2D eigenvalue weighted by Crippen LogP contribution is -2.20. The van der Waals surface area contributed by atoms with Gasteiger partial charge in [0.05, 0.1) is 6.61 Å². The van der Waals surface area contributed by atoms with Gasteiger partial charge in [0.2, 0.25) is 0 Å². The summed E-state index contributed by atoms with van der Waals surface area (Å²) in [6.45, 7) is 0.859. The zero-order valence-electron chi connectivity index (χ0n) is 11.5. The number of hydrogen-bond acceptors (Lipinski definition) is 1. The molecule has 20 heavy (non-hydrogen) atoms. The molecule has 1 unspecified atom stereocenters. The van der Waals surface area contributed by atoms with Crippen molar-refractivity contribution in [3.05, 3.63) is 64.7 Å². The fourth-order valence-electron chi connectivity index (χ4n) is 2.82. The molecule has 0 radical (unpaired) electrons. The predicted molar refractivity (Wildman–Crippen MR) is 83.5 cm³/mol. The van der Waals surface area contributed by atoms with Crippen LogP contribution >= 0.6 is 11.6 Å². The average molecular weight is 287 g/mol. The van der Waals surface area contributed by atoms with Gasteiger partial charge in [0.1, 0.15) is 5.75 Å². The van der Waals surface area contributed by atoms with Gasteiger partial charge in [-0.25, -0.2) is 0 Å². The summed E-state index contributed by atoms with van der Waals surface area (Å²) in [6.07, 6.45) is 4.70. The first-order valence-electron chi connectivity index (χ1n) is 7.26. The third-order valence-corrected chi connectivity index (χ3v) is 4.20. The van der Waals surface area contributed by atoms with E-state index in [4.69, 9.17) is 16.3 Å². The lowest BCUT2D eigenvalue weighted by atomic mass is 9.91. The number of ether oxygens (including phenoxy) is 1. The highest BCUT2D eigenvalue weighted by atomic mass is 35.5. The van der Waals surface area contributed by atoms with Crippen molar-refractivity contribution in [2.45, 2.75) is 25.7 Å². The smallest absolute Gasteiger partial charge is 0.122 e. The number of para-hydroxylation sites is 1. The largest absolute Gasteiger partial charge is 0.493 e. The van der Waals surface area contributed by atoms with Crippen molar-refractivity contribution in [3.63, 3.8) is 0 Å². The highest BCUT2D eigenvalue weighted by Crippen LogP contribution is 2.29. The van der Waals surface area contributed by atoms with Gasteiger partial charge >= 0.3 is 0 Å². The van der Waals surface area contributed by atoms with Gasteiger partial charge in [0.25, 0.3) is 0 Å². The summed E-state index contributed by atoms with van der Waals surface area (Å²) >= 11 is 5.90. The van der Waals surface area contributed by atoms with Crippen LogP contribution in [0.3, 0.4) is 0 Å². The highest BCUT2D eigenvalue weighted by molar-refractivity contribution is 6.30. The average Bonchev–Trinajstić information content (AvgIpc) is 2.49. The molecule has 0 aromatic heterocycles. The second-order valence-corrected chi connectivity index (χ2v) is 5.94. The molecule has 0 aliphatic carbocycles. The Bertz CT molecular complexity index is 562. The van der Waals surface area contributed by atoms with Crippen molar-refractivity contribution in [1.82, 2.24) is 0 Å². The van der Waals surface area contributed by atoms with Gasteiger partial charge in [0.15, 0.2) is 0 Å². The number of benzene rings is 2. The van der Waals surface area contributed by atoms with E-state index in [1.165, 1.54) is 24.0 Å². The molecule has 2 aromatic carbocycles. The third kappa shape index (κ3) is 3.34. The van der Waals surface area contributed by atoms with E-state index in [2.05, 4.69) is 30.3 Å². The summed E-state index contributed by atoms with van der Waals surface area (Å²) in [6, 6.07) is 16.6. The molecule has 0 fully saturated rings. The number of halogens is 1. The minimum atomic E-state index is 0.650. The standard InChI is InChI=1S/C18H19ClO/c19-17-10-8-14(9-11-17)4-3-5-15-12-16-6-1-2-7-18(16)20-13-15/h1-2,6-11,15H,3-5,12-13H2. The van der Waals surface area contributed by atoms with Crippen LogP contribution in [0.1, 0.15) is 24.0 Å². The van der Waals surface area contributed by atoms with E-state index in [0.29, 0.717) is 5.92 Å². The first-order chi connectivity index (χ1) is 9.81. The lowest BCUT2D eigenvalue weighted by Gasteiger charge is -2.25. The van der Waals surface area contributed by atoms with E-state index in [1.54, 1.807) is 0 Å². The quantitative estimate of drug-likeness (QED) is 0.775. The summed E-state index contributed by atoms with van der Waals surface area (Å²) in [7, 11) is 0. The summed E-state index contributed by atoms with van der Waals surface area (Å²) in [5.41, 5.74) is 2.72. The van der Waals surface area contributed by atoms with E-state index < -0.39 is 0 Å². The number of rotatable bonds is 4. The lowest BCUT2D eigenvalue weighted by molar-refractivity contribution is 0.212. The fraction of sp³-hybridized carbons (Fsp3) is 0.333. The molecule has 1 aliphatic rings. The SMILES string of the molecule is Clc1ccc(CCCC2COc3ccccc3C2)cc1. The first-order valence-corrected chi connectivity index (χ1v) is 7.64. The Morgan fingerprint density at radius 3 is 2.70 bits per heavy atom.